The number of hydrogen-bond acceptors (Lipinski definition) is 5. The third-order valence-electron chi connectivity index (χ3n) is 5.34. The number of primary amides is 1. The first-order valence-corrected chi connectivity index (χ1v) is 9.46. The van der Waals surface area contributed by atoms with Gasteiger partial charge in [0.15, 0.2) is 0 Å². The Morgan fingerprint density at radius 3 is 2.54 bits per heavy atom. The van der Waals surface area contributed by atoms with E-state index in [4.69, 9.17) is 5.73 Å². The number of carbonyl (C=O) groups excluding carboxylic acids is 2. The molecule has 28 heavy (non-hydrogen) atoms. The van der Waals surface area contributed by atoms with Crippen molar-refractivity contribution >= 4 is 11.8 Å². The molecule has 0 aromatic carbocycles. The lowest BCUT2D eigenvalue weighted by molar-refractivity contribution is -0.134. The summed E-state index contributed by atoms with van der Waals surface area (Å²) in [5, 5.41) is 4.49. The van der Waals surface area contributed by atoms with E-state index < -0.39 is 0 Å². The smallest absolute Gasteiger partial charge is 0.252 e. The number of aryl methyl sites for hydroxylation is 2. The third-order valence-corrected chi connectivity index (χ3v) is 5.34. The molecule has 2 aromatic heterocycles. The van der Waals surface area contributed by atoms with Gasteiger partial charge >= 0.3 is 0 Å². The van der Waals surface area contributed by atoms with Gasteiger partial charge in [0.05, 0.1) is 5.69 Å². The van der Waals surface area contributed by atoms with Crippen LogP contribution in [0.5, 0.6) is 0 Å². The zero-order valence-corrected chi connectivity index (χ0v) is 16.5. The Labute approximate surface area is 162 Å². The number of likely N-dealkylation sites (tertiary alicyclic amines) is 1. The predicted molar refractivity (Wildman–Crippen MR) is 103 cm³/mol. The number of aromatic nitrogens is 4. The van der Waals surface area contributed by atoms with Crippen LogP contribution in [0.2, 0.25) is 0 Å². The van der Waals surface area contributed by atoms with E-state index in [1.807, 2.05) is 13.8 Å². The van der Waals surface area contributed by atoms with Crippen LogP contribution in [0, 0.1) is 26.7 Å². The molecule has 0 spiro atoms. The molecule has 3 rings (SSSR count). The Bertz CT molecular complexity index is 953. The number of nitrogens with one attached hydrogen (secondary N) is 1. The standard InChI is InChI=1S/C19H26N6O3/c1-11-10-16(26)22-19(21-11)25-13(3)15(12(2)23-25)4-5-17(27)24-8-6-14(7-9-24)18(20)28/h10,14H,4-9H2,1-3H3,(H2,20,28)(H,21,22,26). The zero-order chi connectivity index (χ0) is 20.4. The van der Waals surface area contributed by atoms with E-state index in [1.165, 1.54) is 6.07 Å². The van der Waals surface area contributed by atoms with Crippen molar-refractivity contribution in [1.29, 1.82) is 0 Å². The summed E-state index contributed by atoms with van der Waals surface area (Å²) in [7, 11) is 0. The Morgan fingerprint density at radius 1 is 1.25 bits per heavy atom. The van der Waals surface area contributed by atoms with Crippen LogP contribution in [0.3, 0.4) is 0 Å². The van der Waals surface area contributed by atoms with E-state index in [9.17, 15) is 14.4 Å². The number of amides is 2. The number of nitrogens with zero attached hydrogens (tertiary/aromatic N) is 4. The van der Waals surface area contributed by atoms with E-state index in [-0.39, 0.29) is 23.3 Å². The van der Waals surface area contributed by atoms with Gasteiger partial charge in [-0.15, -0.1) is 0 Å². The highest BCUT2D eigenvalue weighted by molar-refractivity contribution is 5.79. The van der Waals surface area contributed by atoms with Gasteiger partial charge in [0.1, 0.15) is 0 Å². The topological polar surface area (TPSA) is 127 Å². The van der Waals surface area contributed by atoms with E-state index >= 15 is 0 Å². The van der Waals surface area contributed by atoms with Crippen molar-refractivity contribution in [2.24, 2.45) is 11.7 Å². The lowest BCUT2D eigenvalue weighted by Crippen LogP contribution is -2.41. The number of piperidine rings is 1. The van der Waals surface area contributed by atoms with Crippen LogP contribution in [0.25, 0.3) is 5.95 Å². The molecule has 2 amide bonds. The molecule has 9 nitrogen and oxygen atoms in total. The highest BCUT2D eigenvalue weighted by atomic mass is 16.2. The van der Waals surface area contributed by atoms with E-state index in [2.05, 4.69) is 15.1 Å². The molecule has 150 valence electrons. The minimum atomic E-state index is -0.284. The Hall–Kier alpha value is -2.97. The molecule has 1 saturated heterocycles. The lowest BCUT2D eigenvalue weighted by Gasteiger charge is -2.30. The van der Waals surface area contributed by atoms with Gasteiger partial charge in [0.25, 0.3) is 5.56 Å². The number of aromatic amines is 1. The molecular weight excluding hydrogens is 360 g/mol. The van der Waals surface area contributed by atoms with Gasteiger partial charge in [0, 0.05) is 42.9 Å². The average Bonchev–Trinajstić information content (AvgIpc) is 2.93. The molecule has 9 heteroatoms. The monoisotopic (exact) mass is 386 g/mol. The van der Waals surface area contributed by atoms with Gasteiger partial charge in [-0.25, -0.2) is 9.67 Å². The van der Waals surface area contributed by atoms with Gasteiger partial charge in [-0.05, 0) is 45.6 Å². The number of nitrogens with two attached hydrogens (primary N) is 1. The van der Waals surface area contributed by atoms with Gasteiger partial charge in [-0.2, -0.15) is 5.10 Å². The first kappa shape index (κ1) is 19.8. The van der Waals surface area contributed by atoms with Crippen molar-refractivity contribution in [1.82, 2.24) is 24.6 Å². The van der Waals surface area contributed by atoms with E-state index in [0.29, 0.717) is 50.4 Å². The second-order valence-corrected chi connectivity index (χ2v) is 7.33. The first-order valence-electron chi connectivity index (χ1n) is 9.46. The molecule has 1 aliphatic heterocycles. The van der Waals surface area contributed by atoms with Gasteiger partial charge in [-0.3, -0.25) is 19.4 Å². The van der Waals surface area contributed by atoms with Crippen molar-refractivity contribution < 1.29 is 9.59 Å². The minimum absolute atomic E-state index is 0.0663. The molecule has 0 unspecified atom stereocenters. The molecule has 0 atom stereocenters. The van der Waals surface area contributed by atoms with Crippen LogP contribution in [0.4, 0.5) is 0 Å². The zero-order valence-electron chi connectivity index (χ0n) is 16.5. The van der Waals surface area contributed by atoms with Crippen LogP contribution >= 0.6 is 0 Å². The number of carbonyl (C=O) groups is 2. The maximum absolute atomic E-state index is 12.6. The SMILES string of the molecule is Cc1cc(=O)[nH]c(-n2nc(C)c(CCC(=O)N3CCC(C(N)=O)CC3)c2C)n1. The Kier molecular flexibility index (Phi) is 5.62. The van der Waals surface area contributed by atoms with Crippen molar-refractivity contribution in [3.63, 3.8) is 0 Å². The summed E-state index contributed by atoms with van der Waals surface area (Å²) in [6.07, 6.45) is 2.18. The Morgan fingerprint density at radius 2 is 1.93 bits per heavy atom. The molecule has 0 saturated carbocycles. The minimum Gasteiger partial charge on any atom is -0.369 e. The molecule has 3 heterocycles. The highest BCUT2D eigenvalue weighted by Gasteiger charge is 2.26. The summed E-state index contributed by atoms with van der Waals surface area (Å²) >= 11 is 0. The fourth-order valence-corrected chi connectivity index (χ4v) is 3.71. The first-order chi connectivity index (χ1) is 13.3. The summed E-state index contributed by atoms with van der Waals surface area (Å²) in [5.41, 5.74) is 8.37. The maximum atomic E-state index is 12.6. The number of H-pyrrole nitrogens is 1. The number of rotatable bonds is 5. The third kappa shape index (κ3) is 4.13. The summed E-state index contributed by atoms with van der Waals surface area (Å²) in [6, 6.07) is 1.43. The second kappa shape index (κ2) is 7.95. The van der Waals surface area contributed by atoms with Crippen LogP contribution in [-0.2, 0) is 16.0 Å². The van der Waals surface area contributed by atoms with E-state index in [0.717, 1.165) is 17.0 Å². The molecule has 1 fully saturated rings. The molecule has 0 aliphatic carbocycles. The van der Waals surface area contributed by atoms with Crippen molar-refractivity contribution in [2.45, 2.75) is 46.5 Å². The Balaban J connectivity index is 1.68. The summed E-state index contributed by atoms with van der Waals surface area (Å²) < 4.78 is 1.61. The van der Waals surface area contributed by atoms with Crippen molar-refractivity contribution in [2.75, 3.05) is 13.1 Å². The van der Waals surface area contributed by atoms with Crippen molar-refractivity contribution in [3.8, 4) is 5.95 Å². The maximum Gasteiger partial charge on any atom is 0.252 e. The number of hydrogen-bond donors (Lipinski definition) is 2. The molecular formula is C19H26N6O3. The fourth-order valence-electron chi connectivity index (χ4n) is 3.71. The summed E-state index contributed by atoms with van der Waals surface area (Å²) in [5.74, 6) is 0.0255. The summed E-state index contributed by atoms with van der Waals surface area (Å²) in [4.78, 5) is 44.4. The average molecular weight is 386 g/mol. The molecule has 3 N–H and O–H groups in total. The van der Waals surface area contributed by atoms with Crippen LogP contribution in [0.1, 0.15) is 41.9 Å². The molecule has 0 bridgehead atoms. The van der Waals surface area contributed by atoms with Gasteiger partial charge in [-0.1, -0.05) is 0 Å². The van der Waals surface area contributed by atoms with E-state index in [1.54, 1.807) is 16.5 Å². The van der Waals surface area contributed by atoms with Crippen LogP contribution in [0.15, 0.2) is 10.9 Å². The van der Waals surface area contributed by atoms with Crippen molar-refractivity contribution in [3.05, 3.63) is 39.1 Å². The lowest BCUT2D eigenvalue weighted by atomic mass is 9.96. The fraction of sp³-hybridized carbons (Fsp3) is 0.526. The quantitative estimate of drug-likeness (QED) is 0.775. The molecule has 2 aromatic rings. The van der Waals surface area contributed by atoms with Gasteiger partial charge < -0.3 is 10.6 Å². The predicted octanol–water partition coefficient (Wildman–Crippen LogP) is 0.537. The second-order valence-electron chi connectivity index (χ2n) is 7.33. The summed E-state index contributed by atoms with van der Waals surface area (Å²) in [6.45, 7) is 6.68. The van der Waals surface area contributed by atoms with Gasteiger partial charge in [0.2, 0.25) is 17.8 Å². The van der Waals surface area contributed by atoms with Crippen LogP contribution in [-0.4, -0.2) is 49.6 Å². The normalized spacial score (nSPS) is 15.0. The largest absolute Gasteiger partial charge is 0.369 e. The van der Waals surface area contributed by atoms with Crippen LogP contribution < -0.4 is 11.3 Å². The molecule has 1 aliphatic rings. The highest BCUT2D eigenvalue weighted by Crippen LogP contribution is 2.20. The molecule has 0 radical (unpaired) electrons.